The van der Waals surface area contributed by atoms with Crippen molar-refractivity contribution >= 4 is 0 Å². The van der Waals surface area contributed by atoms with Gasteiger partial charge in [0, 0.05) is 12.3 Å². The molecule has 0 saturated carbocycles. The Balaban J connectivity index is 2.30. The molecule has 1 heterocycles. The first-order valence-electron chi connectivity index (χ1n) is 5.10. The van der Waals surface area contributed by atoms with Gasteiger partial charge in [-0.05, 0) is 30.2 Å². The van der Waals surface area contributed by atoms with Crippen LogP contribution in [0.5, 0.6) is 5.75 Å². The maximum absolute atomic E-state index is 11.6. The van der Waals surface area contributed by atoms with Gasteiger partial charge in [-0.3, -0.25) is 4.79 Å². The summed E-state index contributed by atoms with van der Waals surface area (Å²) in [5.74, 6) is 0.236. The summed E-state index contributed by atoms with van der Waals surface area (Å²) in [7, 11) is 0. The van der Waals surface area contributed by atoms with Crippen LogP contribution in [0.4, 0.5) is 0 Å². The summed E-state index contributed by atoms with van der Waals surface area (Å²) in [6.07, 6.45) is 1.83. The minimum Gasteiger partial charge on any atom is -0.508 e. The van der Waals surface area contributed by atoms with Crippen molar-refractivity contribution in [3.05, 3.63) is 64.1 Å². The summed E-state index contributed by atoms with van der Waals surface area (Å²) in [6.45, 7) is 2.48. The van der Waals surface area contributed by atoms with E-state index in [4.69, 9.17) is 5.11 Å². The molecule has 0 aliphatic carbocycles. The molecule has 3 nitrogen and oxygen atoms in total. The van der Waals surface area contributed by atoms with Crippen LogP contribution in [0.2, 0.25) is 0 Å². The lowest BCUT2D eigenvalue weighted by Crippen LogP contribution is -2.19. The molecule has 0 atom stereocenters. The van der Waals surface area contributed by atoms with Gasteiger partial charge in [0.25, 0.3) is 5.56 Å². The van der Waals surface area contributed by atoms with Gasteiger partial charge < -0.3 is 9.67 Å². The van der Waals surface area contributed by atoms with E-state index in [-0.39, 0.29) is 11.3 Å². The van der Waals surface area contributed by atoms with E-state index in [1.807, 2.05) is 25.3 Å². The largest absolute Gasteiger partial charge is 0.508 e. The lowest BCUT2D eigenvalue weighted by atomic mass is 10.2. The van der Waals surface area contributed by atoms with E-state index in [9.17, 15) is 4.79 Å². The first kappa shape index (κ1) is 10.5. The Morgan fingerprint density at radius 1 is 1.12 bits per heavy atom. The fourth-order valence-electron chi connectivity index (χ4n) is 1.57. The van der Waals surface area contributed by atoms with Crippen molar-refractivity contribution in [2.75, 3.05) is 0 Å². The quantitative estimate of drug-likeness (QED) is 0.831. The molecule has 0 bridgehead atoms. The van der Waals surface area contributed by atoms with Crippen LogP contribution in [-0.2, 0) is 6.54 Å². The van der Waals surface area contributed by atoms with E-state index in [0.29, 0.717) is 6.54 Å². The Labute approximate surface area is 93.6 Å². The molecule has 3 heteroatoms. The van der Waals surface area contributed by atoms with E-state index in [2.05, 4.69) is 0 Å². The van der Waals surface area contributed by atoms with Gasteiger partial charge in [-0.15, -0.1) is 0 Å². The molecule has 0 radical (unpaired) electrons. The average molecular weight is 215 g/mol. The molecule has 0 fully saturated rings. The van der Waals surface area contributed by atoms with E-state index in [1.54, 1.807) is 28.8 Å². The Morgan fingerprint density at radius 2 is 1.81 bits per heavy atom. The van der Waals surface area contributed by atoms with Crippen LogP contribution in [0.25, 0.3) is 0 Å². The highest BCUT2D eigenvalue weighted by atomic mass is 16.3. The predicted octanol–water partition coefficient (Wildman–Crippen LogP) is 1.91. The number of aromatic hydroxyl groups is 1. The van der Waals surface area contributed by atoms with Crippen molar-refractivity contribution in [3.8, 4) is 5.75 Å². The monoisotopic (exact) mass is 215 g/mol. The van der Waals surface area contributed by atoms with Crippen molar-refractivity contribution in [2.24, 2.45) is 0 Å². The molecular weight excluding hydrogens is 202 g/mol. The van der Waals surface area contributed by atoms with Crippen molar-refractivity contribution in [1.29, 1.82) is 0 Å². The molecule has 0 spiro atoms. The molecule has 1 N–H and O–H groups in total. The molecule has 0 saturated heterocycles. The first-order chi connectivity index (χ1) is 7.65. The van der Waals surface area contributed by atoms with Crippen molar-refractivity contribution in [2.45, 2.75) is 13.5 Å². The minimum absolute atomic E-state index is 0.0151. The lowest BCUT2D eigenvalue weighted by molar-refractivity contribution is 0.475. The van der Waals surface area contributed by atoms with E-state index >= 15 is 0 Å². The number of hydrogen-bond donors (Lipinski definition) is 1. The van der Waals surface area contributed by atoms with Crippen LogP contribution in [-0.4, -0.2) is 9.67 Å². The van der Waals surface area contributed by atoms with E-state index in [0.717, 1.165) is 11.1 Å². The fourth-order valence-corrected chi connectivity index (χ4v) is 1.57. The Kier molecular flexibility index (Phi) is 2.77. The maximum Gasteiger partial charge on any atom is 0.250 e. The lowest BCUT2D eigenvalue weighted by Gasteiger charge is -2.06. The second kappa shape index (κ2) is 4.23. The molecular formula is C13H13NO2. The van der Waals surface area contributed by atoms with Crippen molar-refractivity contribution < 1.29 is 5.11 Å². The van der Waals surface area contributed by atoms with Crippen molar-refractivity contribution in [1.82, 2.24) is 4.57 Å². The molecule has 0 unspecified atom stereocenters. The Morgan fingerprint density at radius 3 is 2.50 bits per heavy atom. The van der Waals surface area contributed by atoms with Gasteiger partial charge in [-0.2, -0.15) is 0 Å². The van der Waals surface area contributed by atoms with Gasteiger partial charge in [0.05, 0.1) is 6.54 Å². The summed E-state index contributed by atoms with van der Waals surface area (Å²) in [5, 5.41) is 9.15. The third kappa shape index (κ3) is 2.31. The number of pyridine rings is 1. The third-order valence-electron chi connectivity index (χ3n) is 2.42. The SMILES string of the molecule is Cc1ccc(=O)n(Cc2ccc(O)cc2)c1. The molecule has 82 valence electrons. The summed E-state index contributed by atoms with van der Waals surface area (Å²) >= 11 is 0. The number of aryl methyl sites for hydroxylation is 1. The van der Waals surface area contributed by atoms with Gasteiger partial charge in [0.1, 0.15) is 5.75 Å². The minimum atomic E-state index is -0.0151. The smallest absolute Gasteiger partial charge is 0.250 e. The number of phenolic OH excluding ortho intramolecular Hbond substituents is 1. The Hall–Kier alpha value is -2.03. The predicted molar refractivity (Wildman–Crippen MR) is 62.6 cm³/mol. The van der Waals surface area contributed by atoms with Crippen LogP contribution in [0.1, 0.15) is 11.1 Å². The molecule has 0 amide bonds. The number of phenols is 1. The summed E-state index contributed by atoms with van der Waals surface area (Å²) in [6, 6.07) is 10.2. The second-order valence-electron chi connectivity index (χ2n) is 3.84. The molecule has 1 aromatic carbocycles. The number of hydrogen-bond acceptors (Lipinski definition) is 2. The fraction of sp³-hybridized carbons (Fsp3) is 0.154. The Bertz CT molecular complexity index is 541. The van der Waals surface area contributed by atoms with Gasteiger partial charge in [0.2, 0.25) is 0 Å². The van der Waals surface area contributed by atoms with Crippen LogP contribution in [0.3, 0.4) is 0 Å². The highest BCUT2D eigenvalue weighted by Crippen LogP contribution is 2.10. The maximum atomic E-state index is 11.6. The van der Waals surface area contributed by atoms with E-state index < -0.39 is 0 Å². The van der Waals surface area contributed by atoms with Gasteiger partial charge in [0.15, 0.2) is 0 Å². The average Bonchev–Trinajstić information content (AvgIpc) is 2.27. The molecule has 2 aromatic rings. The second-order valence-corrected chi connectivity index (χ2v) is 3.84. The van der Waals surface area contributed by atoms with E-state index in [1.165, 1.54) is 0 Å². The third-order valence-corrected chi connectivity index (χ3v) is 2.42. The molecule has 1 aromatic heterocycles. The summed E-state index contributed by atoms with van der Waals surface area (Å²) < 4.78 is 1.65. The van der Waals surface area contributed by atoms with Crippen LogP contribution < -0.4 is 5.56 Å². The molecule has 0 aliphatic rings. The summed E-state index contributed by atoms with van der Waals surface area (Å²) in [4.78, 5) is 11.6. The number of rotatable bonds is 2. The van der Waals surface area contributed by atoms with Crippen molar-refractivity contribution in [3.63, 3.8) is 0 Å². The molecule has 0 aliphatic heterocycles. The van der Waals surface area contributed by atoms with Gasteiger partial charge in [-0.1, -0.05) is 18.2 Å². The normalized spacial score (nSPS) is 10.3. The zero-order chi connectivity index (χ0) is 11.5. The van der Waals surface area contributed by atoms with Crippen LogP contribution >= 0.6 is 0 Å². The topological polar surface area (TPSA) is 42.2 Å². The zero-order valence-electron chi connectivity index (χ0n) is 9.05. The summed E-state index contributed by atoms with van der Waals surface area (Å²) in [5.41, 5.74) is 2.03. The molecule has 2 rings (SSSR count). The first-order valence-corrected chi connectivity index (χ1v) is 5.10. The van der Waals surface area contributed by atoms with Crippen LogP contribution in [0.15, 0.2) is 47.4 Å². The van der Waals surface area contributed by atoms with Gasteiger partial charge in [-0.25, -0.2) is 0 Å². The highest BCUT2D eigenvalue weighted by Gasteiger charge is 1.98. The zero-order valence-corrected chi connectivity index (χ0v) is 9.05. The van der Waals surface area contributed by atoms with Gasteiger partial charge >= 0.3 is 0 Å². The highest BCUT2D eigenvalue weighted by molar-refractivity contribution is 5.26. The standard InChI is InChI=1S/C13H13NO2/c1-10-2-7-13(16)14(8-10)9-11-3-5-12(15)6-4-11/h2-8,15H,9H2,1H3. The number of benzene rings is 1. The number of aromatic nitrogens is 1. The number of nitrogens with zero attached hydrogens (tertiary/aromatic N) is 1. The molecule has 16 heavy (non-hydrogen) atoms. The van der Waals surface area contributed by atoms with Crippen LogP contribution in [0, 0.1) is 6.92 Å².